The fraction of sp³-hybridized carbons (Fsp3) is 0.700. The van der Waals surface area contributed by atoms with E-state index in [1.54, 1.807) is 0 Å². The molecule has 4 rings (SSSR count). The Balaban J connectivity index is 1.76. The molecule has 0 aromatic heterocycles. The van der Waals surface area contributed by atoms with Gasteiger partial charge in [0.05, 0.1) is 12.7 Å². The van der Waals surface area contributed by atoms with E-state index in [2.05, 4.69) is 65.0 Å². The van der Waals surface area contributed by atoms with Crippen LogP contribution in [0.1, 0.15) is 120 Å². The van der Waals surface area contributed by atoms with Crippen LogP contribution in [0.25, 0.3) is 0 Å². The summed E-state index contributed by atoms with van der Waals surface area (Å²) in [7, 11) is 0. The first kappa shape index (κ1) is 39.2. The average molecular weight is 689 g/mol. The van der Waals surface area contributed by atoms with Gasteiger partial charge in [-0.15, -0.1) is 0 Å². The molecule has 270 valence electrons. The van der Waals surface area contributed by atoms with E-state index in [0.717, 1.165) is 80.9 Å². The minimum Gasteiger partial charge on any atom is -0.396 e. The van der Waals surface area contributed by atoms with Crippen molar-refractivity contribution in [1.82, 2.24) is 0 Å². The Bertz CT molecular complexity index is 1210. The number of benzene rings is 2. The molecular formula is C40H61ClO7. The van der Waals surface area contributed by atoms with Crippen LogP contribution in [-0.4, -0.2) is 68.7 Å². The number of ether oxygens (including phenoxy) is 6. The van der Waals surface area contributed by atoms with Gasteiger partial charge in [0.15, 0.2) is 0 Å². The lowest BCUT2D eigenvalue weighted by Gasteiger charge is -2.52. The van der Waals surface area contributed by atoms with Crippen LogP contribution in [0.5, 0.6) is 0 Å². The van der Waals surface area contributed by atoms with E-state index in [-0.39, 0.29) is 18.8 Å². The number of fused-ring (bicyclic) bond motifs is 2. The molecule has 6 atom stereocenters. The van der Waals surface area contributed by atoms with Crippen molar-refractivity contribution in [2.75, 3.05) is 33.0 Å². The lowest BCUT2D eigenvalue weighted by molar-refractivity contribution is -0.389. The number of aliphatic hydroxyl groups excluding tert-OH is 1. The molecule has 2 aliphatic heterocycles. The van der Waals surface area contributed by atoms with Gasteiger partial charge in [0.25, 0.3) is 0 Å². The third-order valence-corrected chi connectivity index (χ3v) is 9.87. The Kier molecular flexibility index (Phi) is 16.6. The largest absolute Gasteiger partial charge is 0.396 e. The van der Waals surface area contributed by atoms with Crippen molar-refractivity contribution in [1.29, 1.82) is 0 Å². The fourth-order valence-corrected chi connectivity index (χ4v) is 6.86. The molecule has 0 amide bonds. The second-order valence-corrected chi connectivity index (χ2v) is 13.8. The maximum Gasteiger partial charge on any atom is 0.225 e. The van der Waals surface area contributed by atoms with Gasteiger partial charge < -0.3 is 33.5 Å². The van der Waals surface area contributed by atoms with Crippen molar-refractivity contribution in [3.8, 4) is 0 Å². The van der Waals surface area contributed by atoms with Crippen molar-refractivity contribution in [3.05, 3.63) is 69.2 Å². The molecule has 1 spiro atoms. The summed E-state index contributed by atoms with van der Waals surface area (Å²) in [6.07, 6.45) is 8.17. The predicted octanol–water partition coefficient (Wildman–Crippen LogP) is 8.70. The molecule has 1 saturated heterocycles. The SMILES string of the molecule is CCCCO[C@H]1[C@H](OCCCC)[C@@H](OCCCC)[C@@]2(OCc3cc(Cl)c(Cc4ccc(CCCO)cc4)cc32)O[C@@H]1[C@@H](C)OCCCC. The molecule has 48 heavy (non-hydrogen) atoms. The van der Waals surface area contributed by atoms with Crippen molar-refractivity contribution in [2.24, 2.45) is 0 Å². The van der Waals surface area contributed by atoms with Crippen molar-refractivity contribution in [2.45, 2.75) is 148 Å². The summed E-state index contributed by atoms with van der Waals surface area (Å²) in [5.74, 6) is -1.20. The van der Waals surface area contributed by atoms with E-state index in [0.29, 0.717) is 44.5 Å². The number of hydrogen-bond acceptors (Lipinski definition) is 7. The van der Waals surface area contributed by atoms with Crippen molar-refractivity contribution < 1.29 is 33.5 Å². The molecule has 0 aliphatic carbocycles. The third kappa shape index (κ3) is 10.0. The van der Waals surface area contributed by atoms with E-state index in [1.807, 2.05) is 6.07 Å². The summed E-state index contributed by atoms with van der Waals surface area (Å²) in [5, 5.41) is 9.94. The van der Waals surface area contributed by atoms with Crippen molar-refractivity contribution >= 4 is 11.6 Å². The Morgan fingerprint density at radius 3 is 2.06 bits per heavy atom. The van der Waals surface area contributed by atoms with E-state index >= 15 is 0 Å². The zero-order chi connectivity index (χ0) is 34.4. The molecule has 0 bridgehead atoms. The van der Waals surface area contributed by atoms with Gasteiger partial charge in [-0.25, -0.2) is 0 Å². The van der Waals surface area contributed by atoms with Gasteiger partial charge in [-0.1, -0.05) is 89.2 Å². The molecule has 1 fully saturated rings. The summed E-state index contributed by atoms with van der Waals surface area (Å²) < 4.78 is 40.8. The number of halogens is 1. The summed E-state index contributed by atoms with van der Waals surface area (Å²) >= 11 is 6.96. The Morgan fingerprint density at radius 1 is 0.812 bits per heavy atom. The van der Waals surface area contributed by atoms with Crippen LogP contribution in [0.2, 0.25) is 5.02 Å². The molecule has 1 N–H and O–H groups in total. The first-order chi connectivity index (χ1) is 23.4. The molecule has 2 aromatic carbocycles. The van der Waals surface area contributed by atoms with Gasteiger partial charge >= 0.3 is 0 Å². The Morgan fingerprint density at radius 2 is 1.42 bits per heavy atom. The first-order valence-corrected chi connectivity index (χ1v) is 19.1. The first-order valence-electron chi connectivity index (χ1n) is 18.7. The second kappa shape index (κ2) is 20.3. The molecule has 0 saturated carbocycles. The molecule has 7 nitrogen and oxygen atoms in total. The molecule has 8 heteroatoms. The minimum atomic E-state index is -1.20. The van der Waals surface area contributed by atoms with Gasteiger partial charge in [-0.05, 0) is 86.3 Å². The minimum absolute atomic E-state index is 0.197. The van der Waals surface area contributed by atoms with Crippen molar-refractivity contribution in [3.63, 3.8) is 0 Å². The monoisotopic (exact) mass is 688 g/mol. The number of rotatable bonds is 22. The molecular weight excluding hydrogens is 628 g/mol. The smallest absolute Gasteiger partial charge is 0.225 e. The highest BCUT2D eigenvalue weighted by atomic mass is 35.5. The average Bonchev–Trinajstić information content (AvgIpc) is 3.43. The van der Waals surface area contributed by atoms with E-state index in [9.17, 15) is 5.11 Å². The standard InChI is InChI=1S/C40H61ClO7/c1-6-10-21-43-29(5)36-37(44-22-11-7-2)38(45-23-12-8-3)39(46-24-13-9-4)40(48-36)34-26-32(35(41)27-33(34)28-47-40)25-31-18-16-30(17-19-31)15-14-20-42/h16-19,26-27,29,36-39,42H,6-15,20-25,28H2,1-5H3/t29-,36-,37-,38+,39-,40+/m1/s1. The van der Waals surface area contributed by atoms with E-state index in [4.69, 9.17) is 40.0 Å². The lowest BCUT2D eigenvalue weighted by atomic mass is 9.84. The number of hydrogen-bond donors (Lipinski definition) is 1. The second-order valence-electron chi connectivity index (χ2n) is 13.4. The predicted molar refractivity (Wildman–Crippen MR) is 192 cm³/mol. The molecule has 0 unspecified atom stereocenters. The molecule has 2 heterocycles. The summed E-state index contributed by atoms with van der Waals surface area (Å²) in [6, 6.07) is 12.8. The molecule has 2 aliphatic rings. The van der Waals surface area contributed by atoms with E-state index in [1.165, 1.54) is 11.1 Å². The highest BCUT2D eigenvalue weighted by Gasteiger charge is 2.62. The van der Waals surface area contributed by atoms with E-state index < -0.39 is 24.1 Å². The van der Waals surface area contributed by atoms with Crippen LogP contribution in [0.4, 0.5) is 0 Å². The number of aryl methyl sites for hydroxylation is 1. The topological polar surface area (TPSA) is 75.6 Å². The zero-order valence-corrected chi connectivity index (χ0v) is 30.9. The third-order valence-electron chi connectivity index (χ3n) is 9.52. The maximum atomic E-state index is 9.23. The summed E-state index contributed by atoms with van der Waals surface area (Å²) in [5.41, 5.74) is 5.34. The number of aliphatic hydroxyl groups is 1. The molecule has 2 aromatic rings. The van der Waals surface area contributed by atoms with Gasteiger partial charge in [0.1, 0.15) is 24.4 Å². The Hall–Kier alpha value is -1.55. The Labute approximate surface area is 294 Å². The van der Waals surface area contributed by atoms with Crippen LogP contribution < -0.4 is 0 Å². The van der Waals surface area contributed by atoms with Gasteiger partial charge in [-0.2, -0.15) is 0 Å². The number of unbranched alkanes of at least 4 members (excludes halogenated alkanes) is 4. The maximum absolute atomic E-state index is 9.23. The highest BCUT2D eigenvalue weighted by Crippen LogP contribution is 2.50. The van der Waals surface area contributed by atoms with Crippen LogP contribution in [0.3, 0.4) is 0 Å². The normalized spacial score (nSPS) is 24.3. The summed E-state index contributed by atoms with van der Waals surface area (Å²) in [4.78, 5) is 0. The van der Waals surface area contributed by atoms with Gasteiger partial charge in [0, 0.05) is 43.6 Å². The van der Waals surface area contributed by atoms with Crippen LogP contribution in [0, 0.1) is 0 Å². The van der Waals surface area contributed by atoms with Crippen LogP contribution >= 0.6 is 11.6 Å². The quantitative estimate of drug-likeness (QED) is 0.124. The lowest BCUT2D eigenvalue weighted by Crippen LogP contribution is -2.67. The zero-order valence-electron chi connectivity index (χ0n) is 30.1. The fourth-order valence-electron chi connectivity index (χ4n) is 6.60. The van der Waals surface area contributed by atoms with Crippen LogP contribution in [-0.2, 0) is 53.7 Å². The summed E-state index contributed by atoms with van der Waals surface area (Å²) in [6.45, 7) is 13.8. The molecule has 0 radical (unpaired) electrons. The van der Waals surface area contributed by atoms with Gasteiger partial charge in [0.2, 0.25) is 5.79 Å². The van der Waals surface area contributed by atoms with Gasteiger partial charge in [-0.3, -0.25) is 0 Å². The van der Waals surface area contributed by atoms with Crippen LogP contribution in [0.15, 0.2) is 36.4 Å². The highest BCUT2D eigenvalue weighted by molar-refractivity contribution is 6.31.